The molecule has 0 bridgehead atoms. The first kappa shape index (κ1) is 23.2. The van der Waals surface area contributed by atoms with E-state index in [2.05, 4.69) is 52.0 Å². The number of imide groups is 1. The van der Waals surface area contributed by atoms with Crippen molar-refractivity contribution in [1.82, 2.24) is 10.2 Å². The van der Waals surface area contributed by atoms with Crippen molar-refractivity contribution in [3.8, 4) is 0 Å². The number of nitrogens with one attached hydrogen (secondary N) is 2. The molecule has 4 aliphatic rings. The van der Waals surface area contributed by atoms with Gasteiger partial charge in [0.15, 0.2) is 0 Å². The molecule has 0 radical (unpaired) electrons. The minimum Gasteiger partial charge on any atom is -0.489 e. The quantitative estimate of drug-likeness (QED) is 0.598. The van der Waals surface area contributed by atoms with Gasteiger partial charge in [0.25, 0.3) is 0 Å². The van der Waals surface area contributed by atoms with E-state index >= 15 is 0 Å². The van der Waals surface area contributed by atoms with Crippen LogP contribution in [-0.2, 0) is 38.7 Å². The zero-order valence-electron chi connectivity index (χ0n) is 20.4. The molecule has 1 unspecified atom stereocenters. The fraction of sp³-hybridized carbons (Fsp3) is 0.310. The molecule has 3 amide bonds. The summed E-state index contributed by atoms with van der Waals surface area (Å²) in [6, 6.07) is 15.9. The number of para-hydroxylation sites is 1. The van der Waals surface area contributed by atoms with E-state index in [1.807, 2.05) is 24.3 Å². The number of hydrogen-bond acceptors (Lipinski definition) is 6. The molecule has 2 aromatic rings. The maximum Gasteiger partial charge on any atom is 0.249 e. The highest BCUT2D eigenvalue weighted by Gasteiger charge is 2.45. The van der Waals surface area contributed by atoms with Crippen LogP contribution in [0.25, 0.3) is 0 Å². The van der Waals surface area contributed by atoms with Gasteiger partial charge in [-0.05, 0) is 41.7 Å². The molecular weight excluding hydrogens is 468 g/mol. The number of carbonyl (C=O) groups is 3. The van der Waals surface area contributed by atoms with Gasteiger partial charge in [-0.1, -0.05) is 48.5 Å². The topological polar surface area (TPSA) is 100 Å². The number of piperidine rings is 1. The molecule has 3 aliphatic heterocycles. The lowest BCUT2D eigenvalue weighted by Gasteiger charge is -2.29. The maximum atomic E-state index is 13.1. The van der Waals surface area contributed by atoms with E-state index in [0.29, 0.717) is 38.3 Å². The number of nitrogens with zero attached hydrogens (tertiary/aromatic N) is 2. The van der Waals surface area contributed by atoms with E-state index in [4.69, 9.17) is 4.74 Å². The second-order valence-corrected chi connectivity index (χ2v) is 9.84. The zero-order chi connectivity index (χ0) is 25.4. The molecule has 2 atom stereocenters. The summed E-state index contributed by atoms with van der Waals surface area (Å²) < 4.78 is 6.16. The van der Waals surface area contributed by atoms with Crippen LogP contribution in [0.5, 0.6) is 0 Å². The van der Waals surface area contributed by atoms with Crippen LogP contribution >= 0.6 is 0 Å². The Labute approximate surface area is 215 Å². The standard InChI is InChI=1S/C29H28N4O4/c34-27-13-12-24(28(35)32-27)33-16-22-21(29(33)36)5-3-7-25(22)37-17-19-10-8-18(9-11-19)14-26-30-15-20-4-1-2-6-23(20)31-26/h1-4,6-11,21,24H,5,12-17H2,(H,30,31)(H,32,34,35)/t21-,24?/m1/s1. The van der Waals surface area contributed by atoms with Gasteiger partial charge in [-0.3, -0.25) is 24.7 Å². The van der Waals surface area contributed by atoms with E-state index in [9.17, 15) is 14.4 Å². The molecule has 0 spiro atoms. The molecule has 3 heterocycles. The number of benzene rings is 2. The number of rotatable bonds is 6. The summed E-state index contributed by atoms with van der Waals surface area (Å²) in [5.41, 5.74) is 5.43. The molecule has 6 rings (SSSR count). The van der Waals surface area contributed by atoms with Crippen molar-refractivity contribution in [2.45, 2.75) is 44.9 Å². The number of aliphatic imine (C=N–C) groups is 1. The number of likely N-dealkylation sites (tertiary alicyclic amines) is 1. The Bertz CT molecular complexity index is 1360. The summed E-state index contributed by atoms with van der Waals surface area (Å²) in [6.07, 6.45) is 5.81. The van der Waals surface area contributed by atoms with Crippen LogP contribution in [0.2, 0.25) is 0 Å². The summed E-state index contributed by atoms with van der Waals surface area (Å²) >= 11 is 0. The van der Waals surface area contributed by atoms with E-state index in [-0.39, 0.29) is 24.2 Å². The molecule has 2 fully saturated rings. The van der Waals surface area contributed by atoms with E-state index in [1.54, 1.807) is 4.90 Å². The fourth-order valence-corrected chi connectivity index (χ4v) is 5.38. The maximum absolute atomic E-state index is 13.1. The number of hydrogen-bond donors (Lipinski definition) is 2. The van der Waals surface area contributed by atoms with Crippen LogP contribution in [0.1, 0.15) is 36.0 Å². The van der Waals surface area contributed by atoms with E-state index in [1.165, 1.54) is 5.56 Å². The van der Waals surface area contributed by atoms with Crippen molar-refractivity contribution in [2.75, 3.05) is 11.9 Å². The van der Waals surface area contributed by atoms with Gasteiger partial charge in [0.2, 0.25) is 17.7 Å². The number of amides is 3. The fourth-order valence-electron chi connectivity index (χ4n) is 5.38. The van der Waals surface area contributed by atoms with Crippen molar-refractivity contribution >= 4 is 29.2 Å². The Morgan fingerprint density at radius 3 is 2.65 bits per heavy atom. The number of ether oxygens (including phenoxy) is 1. The summed E-state index contributed by atoms with van der Waals surface area (Å²) in [4.78, 5) is 43.2. The average Bonchev–Trinajstić information content (AvgIpc) is 3.25. The first-order valence-corrected chi connectivity index (χ1v) is 12.7. The average molecular weight is 497 g/mol. The van der Waals surface area contributed by atoms with Crippen LogP contribution in [0.4, 0.5) is 5.69 Å². The molecule has 37 heavy (non-hydrogen) atoms. The third kappa shape index (κ3) is 4.67. The number of allylic oxidation sites excluding steroid dienone is 2. The Morgan fingerprint density at radius 1 is 1.00 bits per heavy atom. The minimum atomic E-state index is -0.603. The van der Waals surface area contributed by atoms with Crippen LogP contribution in [0.3, 0.4) is 0 Å². The number of carbonyl (C=O) groups excluding carboxylic acids is 3. The molecule has 0 aromatic heterocycles. The molecule has 1 aliphatic carbocycles. The summed E-state index contributed by atoms with van der Waals surface area (Å²) in [6.45, 7) is 1.43. The van der Waals surface area contributed by atoms with Gasteiger partial charge >= 0.3 is 0 Å². The van der Waals surface area contributed by atoms with Gasteiger partial charge in [-0.2, -0.15) is 0 Å². The van der Waals surface area contributed by atoms with Gasteiger partial charge in [-0.15, -0.1) is 0 Å². The molecule has 0 saturated carbocycles. The smallest absolute Gasteiger partial charge is 0.249 e. The molecule has 188 valence electrons. The molecule has 8 heteroatoms. The molecule has 2 N–H and O–H groups in total. The molecular formula is C29H28N4O4. The third-order valence-electron chi connectivity index (χ3n) is 7.41. The summed E-state index contributed by atoms with van der Waals surface area (Å²) in [5.74, 6) is 0.609. The lowest BCUT2D eigenvalue weighted by molar-refractivity contribution is -0.144. The third-order valence-corrected chi connectivity index (χ3v) is 7.41. The lowest BCUT2D eigenvalue weighted by Crippen LogP contribution is -2.53. The highest BCUT2D eigenvalue weighted by Crippen LogP contribution is 2.36. The van der Waals surface area contributed by atoms with Crippen LogP contribution in [0, 0.1) is 5.92 Å². The highest BCUT2D eigenvalue weighted by molar-refractivity contribution is 6.02. The zero-order valence-corrected chi connectivity index (χ0v) is 20.4. The Hall–Kier alpha value is -4.20. The van der Waals surface area contributed by atoms with Crippen molar-refractivity contribution in [3.63, 3.8) is 0 Å². The van der Waals surface area contributed by atoms with Gasteiger partial charge in [0.1, 0.15) is 24.2 Å². The van der Waals surface area contributed by atoms with Crippen molar-refractivity contribution in [2.24, 2.45) is 10.9 Å². The Balaban J connectivity index is 1.09. The van der Waals surface area contributed by atoms with Crippen molar-refractivity contribution < 1.29 is 19.1 Å². The second kappa shape index (κ2) is 9.69. The Morgan fingerprint density at radius 2 is 1.81 bits per heavy atom. The second-order valence-electron chi connectivity index (χ2n) is 9.84. The molecule has 8 nitrogen and oxygen atoms in total. The number of fused-ring (bicyclic) bond motifs is 2. The number of amidine groups is 1. The molecule has 2 saturated heterocycles. The van der Waals surface area contributed by atoms with Crippen LogP contribution < -0.4 is 10.6 Å². The van der Waals surface area contributed by atoms with E-state index in [0.717, 1.165) is 34.6 Å². The Kier molecular flexibility index (Phi) is 6.08. The van der Waals surface area contributed by atoms with Gasteiger partial charge in [0, 0.05) is 30.6 Å². The van der Waals surface area contributed by atoms with E-state index < -0.39 is 11.9 Å². The van der Waals surface area contributed by atoms with Gasteiger partial charge in [-0.25, -0.2) is 0 Å². The number of anilines is 1. The predicted molar refractivity (Wildman–Crippen MR) is 138 cm³/mol. The van der Waals surface area contributed by atoms with Crippen molar-refractivity contribution in [3.05, 3.63) is 88.7 Å². The normalized spacial score (nSPS) is 22.8. The van der Waals surface area contributed by atoms with Gasteiger partial charge in [0.05, 0.1) is 12.5 Å². The summed E-state index contributed by atoms with van der Waals surface area (Å²) in [5, 5.41) is 5.78. The first-order chi connectivity index (χ1) is 18.0. The molecule has 2 aromatic carbocycles. The highest BCUT2D eigenvalue weighted by atomic mass is 16.5. The summed E-state index contributed by atoms with van der Waals surface area (Å²) in [7, 11) is 0. The predicted octanol–water partition coefficient (Wildman–Crippen LogP) is 3.25. The first-order valence-electron chi connectivity index (χ1n) is 12.7. The SMILES string of the molecule is O=C1CCC(N2CC3=C(OCc4ccc(CC5=NCc6ccccc6N5)cc4)C=CC[C@H]3C2=O)C(=O)N1. The lowest BCUT2D eigenvalue weighted by atomic mass is 9.93. The van der Waals surface area contributed by atoms with Crippen LogP contribution in [-0.4, -0.2) is 41.0 Å². The minimum absolute atomic E-state index is 0.0684. The largest absolute Gasteiger partial charge is 0.489 e. The van der Waals surface area contributed by atoms with Gasteiger partial charge < -0.3 is 15.0 Å². The monoisotopic (exact) mass is 496 g/mol. The van der Waals surface area contributed by atoms with Crippen molar-refractivity contribution in [1.29, 1.82) is 0 Å². The van der Waals surface area contributed by atoms with Crippen LogP contribution in [0.15, 0.2) is 77.0 Å².